The summed E-state index contributed by atoms with van der Waals surface area (Å²) in [6, 6.07) is 16.6. The highest BCUT2D eigenvalue weighted by Crippen LogP contribution is 2.44. The minimum absolute atomic E-state index is 0.0150. The SMILES string of the molecule is CCOc1ccc(/C(O)=C2/C(=O)C(=O)N(c3cccc(C)c3)C2c2ccc(Cl)c(Cl)c2)cc1C(C)C. The number of nitrogens with zero attached hydrogens (tertiary/aromatic N) is 1. The third-order valence-electron chi connectivity index (χ3n) is 6.19. The van der Waals surface area contributed by atoms with Crippen molar-refractivity contribution in [3.63, 3.8) is 0 Å². The quantitative estimate of drug-likeness (QED) is 0.207. The van der Waals surface area contributed by atoms with Gasteiger partial charge in [0.1, 0.15) is 11.5 Å². The zero-order valence-electron chi connectivity index (χ0n) is 20.5. The lowest BCUT2D eigenvalue weighted by Crippen LogP contribution is -2.29. The molecule has 1 aliphatic heterocycles. The molecule has 5 nitrogen and oxygen atoms in total. The number of carbonyl (C=O) groups is 2. The van der Waals surface area contributed by atoms with Gasteiger partial charge in [-0.25, -0.2) is 0 Å². The predicted molar refractivity (Wildman–Crippen MR) is 144 cm³/mol. The highest BCUT2D eigenvalue weighted by molar-refractivity contribution is 6.51. The number of carbonyl (C=O) groups excluding carboxylic acids is 2. The summed E-state index contributed by atoms with van der Waals surface area (Å²) in [6.07, 6.45) is 0. The molecule has 1 fully saturated rings. The van der Waals surface area contributed by atoms with Crippen molar-refractivity contribution in [3.8, 4) is 5.75 Å². The van der Waals surface area contributed by atoms with Crippen molar-refractivity contribution in [2.24, 2.45) is 0 Å². The smallest absolute Gasteiger partial charge is 0.300 e. The van der Waals surface area contributed by atoms with Gasteiger partial charge in [-0.3, -0.25) is 14.5 Å². The van der Waals surface area contributed by atoms with Crippen LogP contribution in [0.25, 0.3) is 5.76 Å². The first-order valence-corrected chi connectivity index (χ1v) is 12.5. The molecule has 3 aromatic carbocycles. The van der Waals surface area contributed by atoms with E-state index >= 15 is 0 Å². The molecule has 1 N–H and O–H groups in total. The first kappa shape index (κ1) is 25.8. The number of hydrogen-bond acceptors (Lipinski definition) is 4. The van der Waals surface area contributed by atoms with Crippen molar-refractivity contribution in [1.29, 1.82) is 0 Å². The van der Waals surface area contributed by atoms with Crippen molar-refractivity contribution in [2.75, 3.05) is 11.5 Å². The van der Waals surface area contributed by atoms with E-state index < -0.39 is 17.7 Å². The summed E-state index contributed by atoms with van der Waals surface area (Å²) in [5.74, 6) is -0.937. The molecule has 1 unspecified atom stereocenters. The van der Waals surface area contributed by atoms with Crippen LogP contribution < -0.4 is 9.64 Å². The zero-order valence-corrected chi connectivity index (χ0v) is 22.0. The topological polar surface area (TPSA) is 66.8 Å². The van der Waals surface area contributed by atoms with Crippen LogP contribution in [0.3, 0.4) is 0 Å². The Labute approximate surface area is 220 Å². The van der Waals surface area contributed by atoms with E-state index in [9.17, 15) is 14.7 Å². The molecule has 0 aliphatic carbocycles. The van der Waals surface area contributed by atoms with Crippen LogP contribution in [0.4, 0.5) is 5.69 Å². The minimum Gasteiger partial charge on any atom is -0.507 e. The molecular formula is C29H27Cl2NO4. The molecule has 0 bridgehead atoms. The summed E-state index contributed by atoms with van der Waals surface area (Å²) in [5, 5.41) is 12.1. The number of rotatable bonds is 6. The second-order valence-corrected chi connectivity index (χ2v) is 9.84. The molecule has 186 valence electrons. The molecule has 1 aliphatic rings. The van der Waals surface area contributed by atoms with E-state index in [0.717, 1.165) is 11.1 Å². The highest BCUT2D eigenvalue weighted by Gasteiger charge is 2.47. The number of halogens is 2. The average Bonchev–Trinajstić information content (AvgIpc) is 3.11. The molecule has 0 spiro atoms. The van der Waals surface area contributed by atoms with E-state index in [4.69, 9.17) is 27.9 Å². The van der Waals surface area contributed by atoms with Crippen LogP contribution in [0.5, 0.6) is 5.75 Å². The van der Waals surface area contributed by atoms with E-state index in [1.54, 1.807) is 42.5 Å². The van der Waals surface area contributed by atoms with Gasteiger partial charge in [-0.2, -0.15) is 0 Å². The van der Waals surface area contributed by atoms with Crippen LogP contribution in [0, 0.1) is 6.92 Å². The second kappa shape index (κ2) is 10.4. The number of benzene rings is 3. The third-order valence-corrected chi connectivity index (χ3v) is 6.93. The number of anilines is 1. The molecular weight excluding hydrogens is 497 g/mol. The number of aryl methyl sites for hydroxylation is 1. The number of Topliss-reactive ketones (excluding diaryl/α,β-unsaturated/α-hetero) is 1. The van der Waals surface area contributed by atoms with Crippen molar-refractivity contribution in [3.05, 3.63) is 98.5 Å². The monoisotopic (exact) mass is 523 g/mol. The largest absolute Gasteiger partial charge is 0.507 e. The van der Waals surface area contributed by atoms with Gasteiger partial charge < -0.3 is 9.84 Å². The lowest BCUT2D eigenvalue weighted by Gasteiger charge is -2.26. The Bertz CT molecular complexity index is 1380. The molecule has 3 aromatic rings. The van der Waals surface area contributed by atoms with E-state index in [1.807, 2.05) is 45.9 Å². The highest BCUT2D eigenvalue weighted by atomic mass is 35.5. The molecule has 0 saturated carbocycles. The van der Waals surface area contributed by atoms with Gasteiger partial charge in [0.15, 0.2) is 0 Å². The van der Waals surface area contributed by atoms with Crippen LogP contribution in [-0.4, -0.2) is 23.4 Å². The van der Waals surface area contributed by atoms with Crippen LogP contribution in [0.15, 0.2) is 66.2 Å². The third kappa shape index (κ3) is 4.73. The molecule has 4 rings (SSSR count). The van der Waals surface area contributed by atoms with E-state index in [2.05, 4.69) is 0 Å². The summed E-state index contributed by atoms with van der Waals surface area (Å²) in [4.78, 5) is 28.2. The van der Waals surface area contributed by atoms with Crippen LogP contribution in [0.1, 0.15) is 55.0 Å². The van der Waals surface area contributed by atoms with Gasteiger partial charge in [0.2, 0.25) is 0 Å². The van der Waals surface area contributed by atoms with E-state index in [0.29, 0.717) is 34.2 Å². The number of ketones is 1. The van der Waals surface area contributed by atoms with Crippen LogP contribution in [-0.2, 0) is 9.59 Å². The Morgan fingerprint density at radius 2 is 1.78 bits per heavy atom. The molecule has 1 atom stereocenters. The second-order valence-electron chi connectivity index (χ2n) is 9.02. The fourth-order valence-electron chi connectivity index (χ4n) is 4.46. The van der Waals surface area contributed by atoms with E-state index in [-0.39, 0.29) is 22.3 Å². The first-order valence-electron chi connectivity index (χ1n) is 11.7. The Morgan fingerprint density at radius 3 is 2.42 bits per heavy atom. The molecule has 0 aromatic heterocycles. The number of hydrogen-bond donors (Lipinski definition) is 1. The van der Waals surface area contributed by atoms with Gasteiger partial charge >= 0.3 is 0 Å². The average molecular weight is 524 g/mol. The van der Waals surface area contributed by atoms with Crippen molar-refractivity contribution in [1.82, 2.24) is 0 Å². The fraction of sp³-hybridized carbons (Fsp3) is 0.241. The van der Waals surface area contributed by atoms with E-state index in [1.165, 1.54) is 4.90 Å². The Balaban J connectivity index is 1.96. The van der Waals surface area contributed by atoms with Gasteiger partial charge in [0.25, 0.3) is 11.7 Å². The van der Waals surface area contributed by atoms with Gasteiger partial charge in [-0.1, -0.05) is 55.2 Å². The van der Waals surface area contributed by atoms with Crippen molar-refractivity contribution >= 4 is 46.3 Å². The number of aliphatic hydroxyl groups excluding tert-OH is 1. The number of ether oxygens (including phenoxy) is 1. The number of amides is 1. The Hall–Kier alpha value is -3.28. The minimum atomic E-state index is -0.893. The summed E-state index contributed by atoms with van der Waals surface area (Å²) in [5.41, 5.74) is 3.33. The molecule has 1 amide bonds. The maximum Gasteiger partial charge on any atom is 0.300 e. The molecule has 1 heterocycles. The molecule has 0 radical (unpaired) electrons. The van der Waals surface area contributed by atoms with Gasteiger partial charge in [0, 0.05) is 11.3 Å². The summed E-state index contributed by atoms with van der Waals surface area (Å²) in [6.45, 7) is 8.36. The standard InChI is InChI=1S/C29H27Cl2NO4/c1-5-36-24-12-10-19(14-21(24)16(2)3)27(33)25-26(18-9-11-22(30)23(31)15-18)32(29(35)28(25)34)20-8-6-7-17(4)13-20/h6-16,26,33H,5H2,1-4H3/b27-25-. The zero-order chi connectivity index (χ0) is 26.1. The van der Waals surface area contributed by atoms with Crippen LogP contribution >= 0.6 is 23.2 Å². The Morgan fingerprint density at radius 1 is 1.03 bits per heavy atom. The van der Waals surface area contributed by atoms with Crippen LogP contribution in [0.2, 0.25) is 10.0 Å². The van der Waals surface area contributed by atoms with Gasteiger partial charge in [-0.15, -0.1) is 0 Å². The number of aliphatic hydroxyl groups is 1. The summed E-state index contributed by atoms with van der Waals surface area (Å²) < 4.78 is 5.74. The predicted octanol–water partition coefficient (Wildman–Crippen LogP) is 7.45. The van der Waals surface area contributed by atoms with Crippen molar-refractivity contribution in [2.45, 2.75) is 39.7 Å². The summed E-state index contributed by atoms with van der Waals surface area (Å²) >= 11 is 12.5. The fourth-order valence-corrected chi connectivity index (χ4v) is 4.77. The first-order chi connectivity index (χ1) is 17.1. The molecule has 7 heteroatoms. The van der Waals surface area contributed by atoms with Gasteiger partial charge in [0.05, 0.1) is 28.3 Å². The maximum absolute atomic E-state index is 13.4. The lowest BCUT2D eigenvalue weighted by atomic mass is 9.93. The molecule has 36 heavy (non-hydrogen) atoms. The normalized spacial score (nSPS) is 17.2. The lowest BCUT2D eigenvalue weighted by molar-refractivity contribution is -0.132. The van der Waals surface area contributed by atoms with Gasteiger partial charge in [-0.05, 0) is 78.9 Å². The summed E-state index contributed by atoms with van der Waals surface area (Å²) in [7, 11) is 0. The maximum atomic E-state index is 13.4. The Kier molecular flexibility index (Phi) is 7.43. The van der Waals surface area contributed by atoms with Crippen molar-refractivity contribution < 1.29 is 19.4 Å². The molecule has 1 saturated heterocycles.